The van der Waals surface area contributed by atoms with Gasteiger partial charge in [-0.1, -0.05) is 18.7 Å². The lowest BCUT2D eigenvalue weighted by Crippen LogP contribution is -2.30. The number of aliphatic imine (C=N–C) groups is 1. The second-order valence-corrected chi connectivity index (χ2v) is 4.64. The SMILES string of the molecule is C=Cc1ccc(N2CCCCC2)c(C=NC)c1N. The Morgan fingerprint density at radius 2 is 2.00 bits per heavy atom. The molecule has 3 nitrogen and oxygen atoms in total. The number of rotatable bonds is 3. The molecule has 0 saturated carbocycles. The van der Waals surface area contributed by atoms with Crippen LogP contribution in [-0.2, 0) is 0 Å². The van der Waals surface area contributed by atoms with Crippen molar-refractivity contribution in [1.29, 1.82) is 0 Å². The smallest absolute Gasteiger partial charge is 0.0497 e. The molecule has 2 rings (SSSR count). The number of nitrogens with zero attached hydrogens (tertiary/aromatic N) is 2. The van der Waals surface area contributed by atoms with Crippen LogP contribution in [0.3, 0.4) is 0 Å². The van der Waals surface area contributed by atoms with Crippen molar-refractivity contribution in [2.75, 3.05) is 30.8 Å². The molecule has 1 saturated heterocycles. The third-order valence-electron chi connectivity index (χ3n) is 3.47. The third-order valence-corrected chi connectivity index (χ3v) is 3.47. The van der Waals surface area contributed by atoms with E-state index in [1.54, 1.807) is 13.1 Å². The highest BCUT2D eigenvalue weighted by atomic mass is 15.1. The molecule has 1 aromatic carbocycles. The van der Waals surface area contributed by atoms with Gasteiger partial charge >= 0.3 is 0 Å². The van der Waals surface area contributed by atoms with E-state index in [1.165, 1.54) is 24.9 Å². The molecule has 18 heavy (non-hydrogen) atoms. The normalized spacial score (nSPS) is 16.2. The fourth-order valence-corrected chi connectivity index (χ4v) is 2.50. The van der Waals surface area contributed by atoms with Gasteiger partial charge in [0.1, 0.15) is 0 Å². The van der Waals surface area contributed by atoms with Crippen LogP contribution in [0.5, 0.6) is 0 Å². The van der Waals surface area contributed by atoms with Crippen molar-refractivity contribution in [2.24, 2.45) is 4.99 Å². The summed E-state index contributed by atoms with van der Waals surface area (Å²) in [4.78, 5) is 6.54. The molecule has 2 N–H and O–H groups in total. The molecule has 0 aromatic heterocycles. The van der Waals surface area contributed by atoms with E-state index in [9.17, 15) is 0 Å². The zero-order chi connectivity index (χ0) is 13.0. The van der Waals surface area contributed by atoms with Crippen LogP contribution in [-0.4, -0.2) is 26.4 Å². The van der Waals surface area contributed by atoms with E-state index >= 15 is 0 Å². The van der Waals surface area contributed by atoms with Crippen LogP contribution in [0.4, 0.5) is 11.4 Å². The maximum absolute atomic E-state index is 6.20. The number of nitrogens with two attached hydrogens (primary N) is 1. The van der Waals surface area contributed by atoms with Crippen LogP contribution in [0.1, 0.15) is 30.4 Å². The Hall–Kier alpha value is -1.77. The predicted molar refractivity (Wildman–Crippen MR) is 80.5 cm³/mol. The van der Waals surface area contributed by atoms with E-state index in [1.807, 2.05) is 12.3 Å². The molecular weight excluding hydrogens is 222 g/mol. The molecule has 0 spiro atoms. The van der Waals surface area contributed by atoms with Gasteiger partial charge in [0, 0.05) is 43.3 Å². The molecule has 0 aliphatic carbocycles. The molecular formula is C15H21N3. The number of nitrogen functional groups attached to an aromatic ring is 1. The molecule has 1 fully saturated rings. The van der Waals surface area contributed by atoms with Crippen molar-refractivity contribution in [3.8, 4) is 0 Å². The molecule has 1 aliphatic heterocycles. The maximum Gasteiger partial charge on any atom is 0.0497 e. The van der Waals surface area contributed by atoms with Gasteiger partial charge in [-0.3, -0.25) is 4.99 Å². The van der Waals surface area contributed by atoms with E-state index in [0.717, 1.165) is 29.9 Å². The van der Waals surface area contributed by atoms with Gasteiger partial charge < -0.3 is 10.6 Å². The fourth-order valence-electron chi connectivity index (χ4n) is 2.50. The molecule has 3 heteroatoms. The van der Waals surface area contributed by atoms with Gasteiger partial charge in [0.2, 0.25) is 0 Å². The summed E-state index contributed by atoms with van der Waals surface area (Å²) < 4.78 is 0. The number of benzene rings is 1. The summed E-state index contributed by atoms with van der Waals surface area (Å²) in [6, 6.07) is 4.18. The van der Waals surface area contributed by atoms with Gasteiger partial charge in [-0.25, -0.2) is 0 Å². The number of piperidine rings is 1. The summed E-state index contributed by atoms with van der Waals surface area (Å²) in [5, 5.41) is 0. The van der Waals surface area contributed by atoms with Crippen LogP contribution in [0.25, 0.3) is 6.08 Å². The minimum atomic E-state index is 0.777. The first-order valence-corrected chi connectivity index (χ1v) is 6.50. The van der Waals surface area contributed by atoms with Gasteiger partial charge in [0.15, 0.2) is 0 Å². The highest BCUT2D eigenvalue weighted by Crippen LogP contribution is 2.30. The number of anilines is 2. The van der Waals surface area contributed by atoms with E-state index < -0.39 is 0 Å². The summed E-state index contributed by atoms with van der Waals surface area (Å²) >= 11 is 0. The van der Waals surface area contributed by atoms with Gasteiger partial charge in [0.25, 0.3) is 0 Å². The Morgan fingerprint density at radius 1 is 1.28 bits per heavy atom. The number of hydrogen-bond donors (Lipinski definition) is 1. The summed E-state index contributed by atoms with van der Waals surface area (Å²) in [6.45, 7) is 6.01. The van der Waals surface area contributed by atoms with Crippen LogP contribution in [0.15, 0.2) is 23.7 Å². The van der Waals surface area contributed by atoms with Gasteiger partial charge in [-0.15, -0.1) is 0 Å². The lowest BCUT2D eigenvalue weighted by molar-refractivity contribution is 0.578. The van der Waals surface area contributed by atoms with E-state index in [4.69, 9.17) is 5.73 Å². The van der Waals surface area contributed by atoms with E-state index in [0.29, 0.717) is 0 Å². The molecule has 1 heterocycles. The standard InChI is InChI=1S/C15H21N3/c1-3-12-7-8-14(13(11-17-2)15(12)16)18-9-5-4-6-10-18/h3,7-8,11H,1,4-6,9-10,16H2,2H3. The van der Waals surface area contributed by atoms with Gasteiger partial charge in [-0.2, -0.15) is 0 Å². The van der Waals surface area contributed by atoms with Crippen molar-refractivity contribution >= 4 is 23.7 Å². The van der Waals surface area contributed by atoms with Gasteiger partial charge in [-0.05, 0) is 30.9 Å². The minimum Gasteiger partial charge on any atom is -0.398 e. The highest BCUT2D eigenvalue weighted by Gasteiger charge is 2.16. The monoisotopic (exact) mass is 243 g/mol. The number of hydrogen-bond acceptors (Lipinski definition) is 3. The Labute approximate surface area is 109 Å². The second kappa shape index (κ2) is 5.71. The van der Waals surface area contributed by atoms with Crippen molar-refractivity contribution in [3.05, 3.63) is 29.8 Å². The average Bonchev–Trinajstić information content (AvgIpc) is 2.42. The second-order valence-electron chi connectivity index (χ2n) is 4.64. The van der Waals surface area contributed by atoms with E-state index in [-0.39, 0.29) is 0 Å². The zero-order valence-electron chi connectivity index (χ0n) is 11.0. The average molecular weight is 243 g/mol. The van der Waals surface area contributed by atoms with Gasteiger partial charge in [0.05, 0.1) is 0 Å². The van der Waals surface area contributed by atoms with E-state index in [2.05, 4.69) is 22.5 Å². The Balaban J connectivity index is 2.45. The Morgan fingerprint density at radius 3 is 2.61 bits per heavy atom. The highest BCUT2D eigenvalue weighted by molar-refractivity contribution is 5.97. The predicted octanol–water partition coefficient (Wildman–Crippen LogP) is 2.95. The lowest BCUT2D eigenvalue weighted by Gasteiger charge is -2.30. The van der Waals surface area contributed by atoms with Crippen LogP contribution >= 0.6 is 0 Å². The lowest BCUT2D eigenvalue weighted by atomic mass is 10.0. The Bertz CT molecular complexity index is 457. The summed E-state index contributed by atoms with van der Waals surface area (Å²) in [5.41, 5.74) is 10.2. The minimum absolute atomic E-state index is 0.777. The van der Waals surface area contributed by atoms with Crippen molar-refractivity contribution in [1.82, 2.24) is 0 Å². The van der Waals surface area contributed by atoms with Crippen LogP contribution in [0.2, 0.25) is 0 Å². The van der Waals surface area contributed by atoms with Crippen molar-refractivity contribution < 1.29 is 0 Å². The molecule has 0 unspecified atom stereocenters. The topological polar surface area (TPSA) is 41.6 Å². The largest absolute Gasteiger partial charge is 0.398 e. The Kier molecular flexibility index (Phi) is 4.03. The molecule has 0 atom stereocenters. The van der Waals surface area contributed by atoms with Crippen molar-refractivity contribution in [2.45, 2.75) is 19.3 Å². The maximum atomic E-state index is 6.20. The summed E-state index contributed by atoms with van der Waals surface area (Å²) in [6.07, 6.45) is 7.49. The molecule has 0 radical (unpaired) electrons. The van der Waals surface area contributed by atoms with Crippen LogP contribution in [0, 0.1) is 0 Å². The molecule has 1 aliphatic rings. The first-order chi connectivity index (χ1) is 8.77. The quantitative estimate of drug-likeness (QED) is 0.655. The molecule has 0 bridgehead atoms. The third kappa shape index (κ3) is 2.40. The summed E-state index contributed by atoms with van der Waals surface area (Å²) in [5.74, 6) is 0. The van der Waals surface area contributed by atoms with Crippen LogP contribution < -0.4 is 10.6 Å². The molecule has 0 amide bonds. The fraction of sp³-hybridized carbons (Fsp3) is 0.400. The first kappa shape index (κ1) is 12.7. The van der Waals surface area contributed by atoms with Crippen molar-refractivity contribution in [3.63, 3.8) is 0 Å². The summed E-state index contributed by atoms with van der Waals surface area (Å²) in [7, 11) is 1.78. The zero-order valence-corrected chi connectivity index (χ0v) is 11.0. The molecule has 1 aromatic rings. The molecule has 96 valence electrons. The first-order valence-electron chi connectivity index (χ1n) is 6.50.